The van der Waals surface area contributed by atoms with Crippen molar-refractivity contribution in [2.75, 3.05) is 11.9 Å². The highest BCUT2D eigenvalue weighted by Gasteiger charge is 2.26. The Hall–Kier alpha value is 0.440. The van der Waals surface area contributed by atoms with Crippen LogP contribution in [0, 0.1) is 5.92 Å². The molecule has 0 aliphatic carbocycles. The van der Waals surface area contributed by atoms with Gasteiger partial charge >= 0.3 is 0 Å². The number of halogens is 1. The summed E-state index contributed by atoms with van der Waals surface area (Å²) < 4.78 is 0. The Balaban J connectivity index is 2.45. The summed E-state index contributed by atoms with van der Waals surface area (Å²) in [5.41, 5.74) is 0. The number of hydrogen-bond acceptors (Lipinski definition) is 1. The maximum Gasteiger partial charge on any atom is 0.00718 e. The van der Waals surface area contributed by atoms with Crippen LogP contribution >= 0.6 is 15.9 Å². The largest absolute Gasteiger partial charge is 0.298 e. The van der Waals surface area contributed by atoms with Gasteiger partial charge in [-0.25, -0.2) is 0 Å². The van der Waals surface area contributed by atoms with E-state index in [-0.39, 0.29) is 0 Å². The maximum absolute atomic E-state index is 3.66. The van der Waals surface area contributed by atoms with Crippen molar-refractivity contribution in [1.82, 2.24) is 4.90 Å². The van der Waals surface area contributed by atoms with Crippen LogP contribution in [-0.2, 0) is 0 Å². The van der Waals surface area contributed by atoms with E-state index in [4.69, 9.17) is 0 Å². The molecule has 0 amide bonds. The lowest BCUT2D eigenvalue weighted by Crippen LogP contribution is -2.46. The number of likely N-dealkylation sites (tertiary alicyclic amines) is 1. The molecule has 1 heterocycles. The molecule has 1 nitrogen and oxygen atoms in total. The molecular weight excluding hydrogens is 250 g/mol. The quantitative estimate of drug-likeness (QED) is 0.684. The molecule has 2 heteroatoms. The van der Waals surface area contributed by atoms with Crippen LogP contribution in [0.2, 0.25) is 0 Å². The molecule has 0 aromatic rings. The Kier molecular flexibility index (Phi) is 6.21. The van der Waals surface area contributed by atoms with E-state index in [1.165, 1.54) is 38.6 Å². The molecular formula is C13H26BrN. The molecule has 0 aromatic carbocycles. The molecule has 0 aromatic heterocycles. The molecule has 0 bridgehead atoms. The van der Waals surface area contributed by atoms with Crippen molar-refractivity contribution in [2.24, 2.45) is 5.92 Å². The van der Waals surface area contributed by atoms with Crippen molar-refractivity contribution in [3.8, 4) is 0 Å². The third-order valence-electron chi connectivity index (χ3n) is 3.76. The number of alkyl halides is 1. The zero-order valence-corrected chi connectivity index (χ0v) is 12.1. The Labute approximate surface area is 104 Å². The van der Waals surface area contributed by atoms with Crippen LogP contribution in [0.25, 0.3) is 0 Å². The van der Waals surface area contributed by atoms with Gasteiger partial charge in [-0.05, 0) is 39.0 Å². The van der Waals surface area contributed by atoms with Crippen LogP contribution < -0.4 is 0 Å². The van der Waals surface area contributed by atoms with E-state index >= 15 is 0 Å². The molecule has 90 valence electrons. The van der Waals surface area contributed by atoms with Crippen molar-refractivity contribution >= 4 is 15.9 Å². The van der Waals surface area contributed by atoms with Gasteiger partial charge in [-0.15, -0.1) is 0 Å². The fourth-order valence-corrected chi connectivity index (χ4v) is 3.29. The SMILES string of the molecule is CCCC(CBr)CN1C(C)CCCC1C. The normalized spacial score (nSPS) is 30.4. The molecule has 0 spiro atoms. The molecule has 1 saturated heterocycles. The van der Waals surface area contributed by atoms with Crippen LogP contribution in [0.4, 0.5) is 0 Å². The summed E-state index contributed by atoms with van der Waals surface area (Å²) in [6.07, 6.45) is 6.89. The molecule has 15 heavy (non-hydrogen) atoms. The number of hydrogen-bond donors (Lipinski definition) is 0. The highest BCUT2D eigenvalue weighted by molar-refractivity contribution is 9.09. The minimum absolute atomic E-state index is 0.798. The van der Waals surface area contributed by atoms with Crippen molar-refractivity contribution in [3.05, 3.63) is 0 Å². The summed E-state index contributed by atoms with van der Waals surface area (Å²) in [6, 6.07) is 1.60. The number of piperidine rings is 1. The van der Waals surface area contributed by atoms with Crippen LogP contribution in [0.15, 0.2) is 0 Å². The zero-order chi connectivity index (χ0) is 11.3. The summed E-state index contributed by atoms with van der Waals surface area (Å²) in [5, 5.41) is 1.16. The second-order valence-corrected chi connectivity index (χ2v) is 5.78. The van der Waals surface area contributed by atoms with Crippen molar-refractivity contribution in [2.45, 2.75) is 65.0 Å². The minimum atomic E-state index is 0.798. The minimum Gasteiger partial charge on any atom is -0.298 e. The molecule has 1 rings (SSSR count). The van der Waals surface area contributed by atoms with E-state index in [0.29, 0.717) is 0 Å². The predicted octanol–water partition coefficient (Wildman–Crippen LogP) is 4.06. The van der Waals surface area contributed by atoms with Gasteiger partial charge in [0.05, 0.1) is 0 Å². The van der Waals surface area contributed by atoms with E-state index < -0.39 is 0 Å². The van der Waals surface area contributed by atoms with E-state index in [2.05, 4.69) is 41.6 Å². The van der Waals surface area contributed by atoms with Crippen LogP contribution in [0.1, 0.15) is 52.9 Å². The van der Waals surface area contributed by atoms with Gasteiger partial charge in [-0.1, -0.05) is 35.7 Å². The predicted molar refractivity (Wildman–Crippen MR) is 71.7 cm³/mol. The highest BCUT2D eigenvalue weighted by atomic mass is 79.9. The lowest BCUT2D eigenvalue weighted by molar-refractivity contribution is 0.0862. The van der Waals surface area contributed by atoms with Crippen LogP contribution in [0.3, 0.4) is 0 Å². The van der Waals surface area contributed by atoms with Gasteiger partial charge in [0.1, 0.15) is 0 Å². The molecule has 0 N–H and O–H groups in total. The monoisotopic (exact) mass is 275 g/mol. The fraction of sp³-hybridized carbons (Fsp3) is 1.00. The summed E-state index contributed by atoms with van der Waals surface area (Å²) in [4.78, 5) is 2.73. The molecule has 3 atom stereocenters. The third kappa shape index (κ3) is 4.07. The zero-order valence-electron chi connectivity index (χ0n) is 10.5. The highest BCUT2D eigenvalue weighted by Crippen LogP contribution is 2.25. The van der Waals surface area contributed by atoms with Gasteiger partial charge in [-0.2, -0.15) is 0 Å². The van der Waals surface area contributed by atoms with Crippen molar-refractivity contribution in [3.63, 3.8) is 0 Å². The standard InChI is InChI=1S/C13H26BrN/c1-4-6-13(9-14)10-15-11(2)7-5-8-12(15)3/h11-13H,4-10H2,1-3H3. The number of rotatable bonds is 5. The second-order valence-electron chi connectivity index (χ2n) is 5.13. The van der Waals surface area contributed by atoms with Gasteiger partial charge in [0.25, 0.3) is 0 Å². The Morgan fingerprint density at radius 2 is 1.87 bits per heavy atom. The van der Waals surface area contributed by atoms with E-state index in [0.717, 1.165) is 23.3 Å². The lowest BCUT2D eigenvalue weighted by Gasteiger charge is -2.40. The van der Waals surface area contributed by atoms with Gasteiger partial charge < -0.3 is 0 Å². The summed E-state index contributed by atoms with van der Waals surface area (Å²) in [5.74, 6) is 0.845. The van der Waals surface area contributed by atoms with Gasteiger partial charge in [-0.3, -0.25) is 4.90 Å². The first-order chi connectivity index (χ1) is 7.19. The molecule has 1 aliphatic heterocycles. The molecule has 1 fully saturated rings. The van der Waals surface area contributed by atoms with Gasteiger partial charge in [0, 0.05) is 24.0 Å². The first-order valence-corrected chi connectivity index (χ1v) is 7.62. The van der Waals surface area contributed by atoms with E-state index in [9.17, 15) is 0 Å². The molecule has 3 unspecified atom stereocenters. The molecule has 1 aliphatic rings. The van der Waals surface area contributed by atoms with E-state index in [1.54, 1.807) is 0 Å². The van der Waals surface area contributed by atoms with E-state index in [1.807, 2.05) is 0 Å². The average molecular weight is 276 g/mol. The Bertz CT molecular complexity index is 162. The molecule has 0 saturated carbocycles. The van der Waals surface area contributed by atoms with Gasteiger partial charge in [0.15, 0.2) is 0 Å². The molecule has 0 radical (unpaired) electrons. The fourth-order valence-electron chi connectivity index (χ4n) is 2.76. The number of nitrogens with zero attached hydrogens (tertiary/aromatic N) is 1. The third-order valence-corrected chi connectivity index (χ3v) is 4.68. The van der Waals surface area contributed by atoms with Crippen LogP contribution in [0.5, 0.6) is 0 Å². The van der Waals surface area contributed by atoms with Crippen molar-refractivity contribution in [1.29, 1.82) is 0 Å². The van der Waals surface area contributed by atoms with Gasteiger partial charge in [0.2, 0.25) is 0 Å². The van der Waals surface area contributed by atoms with Crippen molar-refractivity contribution < 1.29 is 0 Å². The summed E-state index contributed by atoms with van der Waals surface area (Å²) >= 11 is 3.66. The Morgan fingerprint density at radius 1 is 1.27 bits per heavy atom. The maximum atomic E-state index is 3.66. The lowest BCUT2D eigenvalue weighted by atomic mass is 9.95. The summed E-state index contributed by atoms with van der Waals surface area (Å²) in [7, 11) is 0. The Morgan fingerprint density at radius 3 is 2.33 bits per heavy atom. The van der Waals surface area contributed by atoms with Crippen LogP contribution in [-0.4, -0.2) is 28.9 Å². The second kappa shape index (κ2) is 6.90. The first kappa shape index (κ1) is 13.5. The summed E-state index contributed by atoms with van der Waals surface area (Å²) in [6.45, 7) is 8.37. The first-order valence-electron chi connectivity index (χ1n) is 6.50. The average Bonchev–Trinajstić information content (AvgIpc) is 2.22. The topological polar surface area (TPSA) is 3.24 Å². The smallest absolute Gasteiger partial charge is 0.00718 e.